The smallest absolute Gasteiger partial charge is 0.128 e. The summed E-state index contributed by atoms with van der Waals surface area (Å²) < 4.78 is 0. The van der Waals surface area contributed by atoms with Crippen molar-refractivity contribution in [1.29, 1.82) is 0 Å². The zero-order valence-corrected chi connectivity index (χ0v) is 10.8. The standard InChI is InChI=1S/C13H23N3/c1-5-16(9-10(2)3)13-8-12(11(4)14)6-7-15-13/h6-8,10-11H,5,9,14H2,1-4H3. The molecular weight excluding hydrogens is 198 g/mol. The maximum atomic E-state index is 5.88. The molecule has 3 heteroatoms. The van der Waals surface area contributed by atoms with Gasteiger partial charge in [-0.05, 0) is 37.5 Å². The number of nitrogens with two attached hydrogens (primary N) is 1. The molecule has 0 amide bonds. The van der Waals surface area contributed by atoms with E-state index in [0.29, 0.717) is 5.92 Å². The molecule has 1 rings (SSSR count). The summed E-state index contributed by atoms with van der Waals surface area (Å²) >= 11 is 0. The highest BCUT2D eigenvalue weighted by molar-refractivity contribution is 5.41. The first kappa shape index (κ1) is 13.0. The average molecular weight is 221 g/mol. The second kappa shape index (κ2) is 5.85. The third kappa shape index (κ3) is 3.49. The molecule has 0 aromatic carbocycles. The minimum Gasteiger partial charge on any atom is -0.357 e. The lowest BCUT2D eigenvalue weighted by atomic mass is 10.1. The molecule has 1 aromatic heterocycles. The van der Waals surface area contributed by atoms with Crippen molar-refractivity contribution >= 4 is 5.82 Å². The van der Waals surface area contributed by atoms with E-state index in [1.54, 1.807) is 0 Å². The highest BCUT2D eigenvalue weighted by Gasteiger charge is 2.09. The number of pyridine rings is 1. The van der Waals surface area contributed by atoms with Crippen molar-refractivity contribution in [2.75, 3.05) is 18.0 Å². The van der Waals surface area contributed by atoms with Gasteiger partial charge in [-0.2, -0.15) is 0 Å². The Kier molecular flexibility index (Phi) is 4.74. The fourth-order valence-corrected chi connectivity index (χ4v) is 1.72. The predicted octanol–water partition coefficient (Wildman–Crippen LogP) is 2.58. The Balaban J connectivity index is 2.87. The first-order chi connectivity index (χ1) is 7.54. The maximum Gasteiger partial charge on any atom is 0.128 e. The molecule has 0 bridgehead atoms. The van der Waals surface area contributed by atoms with Crippen LogP contribution < -0.4 is 10.6 Å². The molecule has 0 saturated carbocycles. The van der Waals surface area contributed by atoms with E-state index in [-0.39, 0.29) is 6.04 Å². The summed E-state index contributed by atoms with van der Waals surface area (Å²) in [5, 5.41) is 0. The van der Waals surface area contributed by atoms with Gasteiger partial charge in [-0.1, -0.05) is 13.8 Å². The number of nitrogens with zero attached hydrogens (tertiary/aromatic N) is 2. The molecule has 0 aliphatic carbocycles. The van der Waals surface area contributed by atoms with Crippen molar-refractivity contribution in [2.45, 2.75) is 33.7 Å². The van der Waals surface area contributed by atoms with E-state index in [1.165, 1.54) is 0 Å². The van der Waals surface area contributed by atoms with Crippen LogP contribution >= 0.6 is 0 Å². The van der Waals surface area contributed by atoms with E-state index in [2.05, 4.69) is 36.7 Å². The van der Waals surface area contributed by atoms with Crippen molar-refractivity contribution in [2.24, 2.45) is 11.7 Å². The van der Waals surface area contributed by atoms with Crippen LogP contribution in [0.3, 0.4) is 0 Å². The Labute approximate surface area is 98.7 Å². The number of aromatic nitrogens is 1. The van der Waals surface area contributed by atoms with Gasteiger partial charge in [0.15, 0.2) is 0 Å². The lowest BCUT2D eigenvalue weighted by Gasteiger charge is -2.24. The van der Waals surface area contributed by atoms with Crippen LogP contribution in [0, 0.1) is 5.92 Å². The zero-order chi connectivity index (χ0) is 12.1. The summed E-state index contributed by atoms with van der Waals surface area (Å²) in [6, 6.07) is 4.15. The predicted molar refractivity (Wildman–Crippen MR) is 69.6 cm³/mol. The molecule has 3 nitrogen and oxygen atoms in total. The molecule has 0 spiro atoms. The molecule has 1 aromatic rings. The van der Waals surface area contributed by atoms with Crippen molar-refractivity contribution < 1.29 is 0 Å². The highest BCUT2D eigenvalue weighted by Crippen LogP contribution is 2.17. The van der Waals surface area contributed by atoms with Crippen molar-refractivity contribution in [3.05, 3.63) is 23.9 Å². The maximum absolute atomic E-state index is 5.88. The molecular formula is C13H23N3. The Hall–Kier alpha value is -1.09. The van der Waals surface area contributed by atoms with Gasteiger partial charge in [-0.15, -0.1) is 0 Å². The van der Waals surface area contributed by atoms with E-state index >= 15 is 0 Å². The van der Waals surface area contributed by atoms with Crippen LogP contribution in [0.15, 0.2) is 18.3 Å². The first-order valence-corrected chi connectivity index (χ1v) is 6.01. The van der Waals surface area contributed by atoms with Gasteiger partial charge in [0, 0.05) is 25.3 Å². The molecule has 0 fully saturated rings. The normalized spacial score (nSPS) is 12.9. The van der Waals surface area contributed by atoms with Gasteiger partial charge >= 0.3 is 0 Å². The van der Waals surface area contributed by atoms with Gasteiger partial charge in [0.25, 0.3) is 0 Å². The molecule has 90 valence electrons. The van der Waals surface area contributed by atoms with E-state index in [1.807, 2.05) is 19.2 Å². The van der Waals surface area contributed by atoms with Crippen molar-refractivity contribution in [3.8, 4) is 0 Å². The molecule has 0 saturated heterocycles. The fraction of sp³-hybridized carbons (Fsp3) is 0.615. The van der Waals surface area contributed by atoms with Gasteiger partial charge in [0.1, 0.15) is 5.82 Å². The molecule has 1 unspecified atom stereocenters. The summed E-state index contributed by atoms with van der Waals surface area (Å²) in [6.07, 6.45) is 1.84. The van der Waals surface area contributed by atoms with Crippen molar-refractivity contribution in [3.63, 3.8) is 0 Å². The summed E-state index contributed by atoms with van der Waals surface area (Å²) in [6.45, 7) is 10.6. The molecule has 1 atom stereocenters. The second-order valence-corrected chi connectivity index (χ2v) is 4.67. The lowest BCUT2D eigenvalue weighted by Crippen LogP contribution is -2.28. The van der Waals surface area contributed by atoms with Crippen LogP contribution in [0.1, 0.15) is 39.3 Å². The van der Waals surface area contributed by atoms with Crippen LogP contribution in [0.2, 0.25) is 0 Å². The minimum atomic E-state index is 0.0690. The number of rotatable bonds is 5. The topological polar surface area (TPSA) is 42.1 Å². The summed E-state index contributed by atoms with van der Waals surface area (Å²) in [4.78, 5) is 6.70. The van der Waals surface area contributed by atoms with Crippen molar-refractivity contribution in [1.82, 2.24) is 4.98 Å². The first-order valence-electron chi connectivity index (χ1n) is 6.01. The molecule has 2 N–H and O–H groups in total. The Morgan fingerprint density at radius 3 is 2.56 bits per heavy atom. The zero-order valence-electron chi connectivity index (χ0n) is 10.8. The van der Waals surface area contributed by atoms with Gasteiger partial charge in [0.2, 0.25) is 0 Å². The molecule has 0 aliphatic rings. The van der Waals surface area contributed by atoms with E-state index in [0.717, 1.165) is 24.5 Å². The van der Waals surface area contributed by atoms with E-state index in [4.69, 9.17) is 5.73 Å². The Morgan fingerprint density at radius 2 is 2.06 bits per heavy atom. The van der Waals surface area contributed by atoms with Crippen LogP contribution in [0.4, 0.5) is 5.82 Å². The third-order valence-corrected chi connectivity index (χ3v) is 2.59. The average Bonchev–Trinajstić information content (AvgIpc) is 2.25. The molecule has 16 heavy (non-hydrogen) atoms. The van der Waals surface area contributed by atoms with Crippen LogP contribution in [0.25, 0.3) is 0 Å². The van der Waals surface area contributed by atoms with E-state index < -0.39 is 0 Å². The molecule has 0 aliphatic heterocycles. The monoisotopic (exact) mass is 221 g/mol. The summed E-state index contributed by atoms with van der Waals surface area (Å²) in [7, 11) is 0. The van der Waals surface area contributed by atoms with Crippen LogP contribution in [-0.4, -0.2) is 18.1 Å². The highest BCUT2D eigenvalue weighted by atomic mass is 15.2. The lowest BCUT2D eigenvalue weighted by molar-refractivity contribution is 0.614. The number of anilines is 1. The fourth-order valence-electron chi connectivity index (χ4n) is 1.72. The summed E-state index contributed by atoms with van der Waals surface area (Å²) in [5.41, 5.74) is 7.02. The summed E-state index contributed by atoms with van der Waals surface area (Å²) in [5.74, 6) is 1.67. The Bertz CT molecular complexity index is 321. The Morgan fingerprint density at radius 1 is 1.38 bits per heavy atom. The van der Waals surface area contributed by atoms with Crippen LogP contribution in [0.5, 0.6) is 0 Å². The number of hydrogen-bond acceptors (Lipinski definition) is 3. The van der Waals surface area contributed by atoms with E-state index in [9.17, 15) is 0 Å². The quantitative estimate of drug-likeness (QED) is 0.831. The van der Waals surface area contributed by atoms with Gasteiger partial charge < -0.3 is 10.6 Å². The third-order valence-electron chi connectivity index (χ3n) is 2.59. The molecule has 1 heterocycles. The SMILES string of the molecule is CCN(CC(C)C)c1cc(C(C)N)ccn1. The van der Waals surface area contributed by atoms with Gasteiger partial charge in [-0.3, -0.25) is 0 Å². The van der Waals surface area contributed by atoms with Gasteiger partial charge in [-0.25, -0.2) is 4.98 Å². The van der Waals surface area contributed by atoms with Gasteiger partial charge in [0.05, 0.1) is 0 Å². The largest absolute Gasteiger partial charge is 0.357 e. The number of hydrogen-bond donors (Lipinski definition) is 1. The molecule has 0 radical (unpaired) electrons. The second-order valence-electron chi connectivity index (χ2n) is 4.67. The van der Waals surface area contributed by atoms with Crippen LogP contribution in [-0.2, 0) is 0 Å². The minimum absolute atomic E-state index is 0.0690.